The molecule has 0 aromatic carbocycles. The normalized spacial score (nSPS) is 22.6. The zero-order valence-electron chi connectivity index (χ0n) is 14.9. The highest BCUT2D eigenvalue weighted by molar-refractivity contribution is 5.79. The number of hydroxylamine groups is 2. The highest BCUT2D eigenvalue weighted by Gasteiger charge is 2.47. The minimum absolute atomic E-state index is 0.137. The molecular formula is C16H29N2O5. The molecule has 1 amide bonds. The average molecular weight is 329 g/mol. The Hall–Kier alpha value is -1.34. The van der Waals surface area contributed by atoms with Gasteiger partial charge in [0.1, 0.15) is 12.1 Å². The largest absolute Gasteiger partial charge is 0.480 e. The van der Waals surface area contributed by atoms with Crippen LogP contribution in [0.3, 0.4) is 0 Å². The number of alkyl carbamates (subject to hydrolysis) is 1. The summed E-state index contributed by atoms with van der Waals surface area (Å²) in [6.07, 6.45) is -0.00184. The number of hydrogen-bond donors (Lipinski definition) is 2. The fraction of sp³-hybridized carbons (Fsp3) is 0.875. The number of amides is 1. The van der Waals surface area contributed by atoms with Gasteiger partial charge in [-0.15, -0.1) is 10.3 Å². The summed E-state index contributed by atoms with van der Waals surface area (Å²) < 4.78 is 5.39. The Labute approximate surface area is 137 Å². The summed E-state index contributed by atoms with van der Waals surface area (Å²) in [6.45, 7) is 11.0. The summed E-state index contributed by atoms with van der Waals surface area (Å²) >= 11 is 0. The number of ether oxygens (including phenoxy) is 1. The third kappa shape index (κ3) is 5.35. The summed E-state index contributed by atoms with van der Waals surface area (Å²) in [7, 11) is 0. The lowest BCUT2D eigenvalue weighted by atomic mass is 9.80. The third-order valence-corrected chi connectivity index (χ3v) is 4.12. The van der Waals surface area contributed by atoms with E-state index in [-0.39, 0.29) is 5.92 Å². The van der Waals surface area contributed by atoms with Gasteiger partial charge < -0.3 is 15.2 Å². The second-order valence-electron chi connectivity index (χ2n) is 8.02. The molecule has 0 aromatic heterocycles. The lowest BCUT2D eigenvalue weighted by molar-refractivity contribution is -0.298. The van der Waals surface area contributed by atoms with Crippen molar-refractivity contribution in [3.63, 3.8) is 0 Å². The van der Waals surface area contributed by atoms with Gasteiger partial charge >= 0.3 is 12.1 Å². The highest BCUT2D eigenvalue weighted by Crippen LogP contribution is 2.38. The van der Waals surface area contributed by atoms with Crippen LogP contribution in [0.2, 0.25) is 0 Å². The van der Waals surface area contributed by atoms with Crippen molar-refractivity contribution in [2.75, 3.05) is 0 Å². The first-order chi connectivity index (χ1) is 10.3. The molecule has 1 rings (SSSR count). The van der Waals surface area contributed by atoms with Crippen molar-refractivity contribution in [2.45, 2.75) is 84.0 Å². The van der Waals surface area contributed by atoms with Crippen molar-refractivity contribution >= 4 is 12.1 Å². The van der Waals surface area contributed by atoms with E-state index in [0.717, 1.165) is 5.06 Å². The maximum atomic E-state index is 12.3. The molecule has 1 atom stereocenters. The third-order valence-electron chi connectivity index (χ3n) is 4.12. The summed E-state index contributed by atoms with van der Waals surface area (Å²) in [5.74, 6) is -0.941. The molecule has 2 N–H and O–H groups in total. The van der Waals surface area contributed by atoms with Crippen LogP contribution in [0.4, 0.5) is 4.79 Å². The van der Waals surface area contributed by atoms with Crippen LogP contribution >= 0.6 is 0 Å². The van der Waals surface area contributed by atoms with E-state index in [9.17, 15) is 14.8 Å². The van der Waals surface area contributed by atoms with Crippen molar-refractivity contribution in [3.05, 3.63) is 0 Å². The topological polar surface area (TPSA) is 98.8 Å². The molecule has 0 spiro atoms. The second kappa shape index (κ2) is 7.05. The number of carboxylic acids is 1. The standard InChI is InChI=1S/C16H29N2O5/c1-10(2)7-12(13(19)20)17-14(21)23-11-8-15(3,4)18(22)16(5,6)9-11/h10-12H,7-9H2,1-6H3,(H,17,21)(H,19,20)/t12-/m0/s1. The number of aliphatic carboxylic acids is 1. The van der Waals surface area contributed by atoms with Crippen molar-refractivity contribution in [1.82, 2.24) is 10.4 Å². The number of rotatable bonds is 5. The van der Waals surface area contributed by atoms with Gasteiger partial charge in [-0.2, -0.15) is 0 Å². The molecule has 7 heteroatoms. The summed E-state index contributed by atoms with van der Waals surface area (Å²) in [6, 6.07) is -0.969. The van der Waals surface area contributed by atoms with Gasteiger partial charge in [-0.3, -0.25) is 0 Å². The smallest absolute Gasteiger partial charge is 0.408 e. The van der Waals surface area contributed by atoms with Crippen molar-refractivity contribution in [3.8, 4) is 0 Å². The predicted octanol–water partition coefficient (Wildman–Crippen LogP) is 2.58. The number of carbonyl (C=O) groups is 2. The minimum atomic E-state index is -1.08. The van der Waals surface area contributed by atoms with Gasteiger partial charge in [0, 0.05) is 23.9 Å². The van der Waals surface area contributed by atoms with E-state index in [2.05, 4.69) is 5.32 Å². The van der Waals surface area contributed by atoms with Crippen LogP contribution in [0, 0.1) is 5.92 Å². The lowest BCUT2D eigenvalue weighted by Crippen LogP contribution is -2.60. The van der Waals surface area contributed by atoms with Gasteiger partial charge in [-0.25, -0.2) is 9.59 Å². The van der Waals surface area contributed by atoms with Gasteiger partial charge in [0.2, 0.25) is 0 Å². The highest BCUT2D eigenvalue weighted by atomic mass is 16.6. The molecule has 133 valence electrons. The molecule has 0 aliphatic carbocycles. The molecule has 0 bridgehead atoms. The first-order valence-corrected chi connectivity index (χ1v) is 8.02. The average Bonchev–Trinajstić information content (AvgIpc) is 2.33. The molecular weight excluding hydrogens is 300 g/mol. The maximum Gasteiger partial charge on any atom is 0.408 e. The van der Waals surface area contributed by atoms with Crippen LogP contribution in [0.5, 0.6) is 0 Å². The van der Waals surface area contributed by atoms with Crippen LogP contribution in [-0.4, -0.2) is 45.5 Å². The van der Waals surface area contributed by atoms with Crippen LogP contribution in [0.1, 0.15) is 60.8 Å². The first kappa shape index (κ1) is 19.7. The molecule has 23 heavy (non-hydrogen) atoms. The summed E-state index contributed by atoms with van der Waals surface area (Å²) in [5, 5.41) is 24.9. The Bertz CT molecular complexity index is 430. The van der Waals surface area contributed by atoms with E-state index >= 15 is 0 Å². The van der Waals surface area contributed by atoms with E-state index in [1.165, 1.54) is 0 Å². The first-order valence-electron chi connectivity index (χ1n) is 8.02. The van der Waals surface area contributed by atoms with Crippen molar-refractivity contribution < 1.29 is 24.6 Å². The Balaban J connectivity index is 2.68. The van der Waals surface area contributed by atoms with Gasteiger partial charge in [0.25, 0.3) is 0 Å². The molecule has 0 aromatic rings. The maximum absolute atomic E-state index is 12.3. The number of hydrogen-bond acceptors (Lipinski definition) is 4. The molecule has 1 aliphatic rings. The molecule has 7 nitrogen and oxygen atoms in total. The molecule has 1 aliphatic heterocycles. The predicted molar refractivity (Wildman–Crippen MR) is 84.2 cm³/mol. The molecule has 1 saturated heterocycles. The van der Waals surface area contributed by atoms with E-state index in [1.807, 2.05) is 41.5 Å². The Kier molecular flexibility index (Phi) is 6.04. The molecule has 1 fully saturated rings. The van der Waals surface area contributed by atoms with Gasteiger partial charge in [-0.05, 0) is 40.0 Å². The van der Waals surface area contributed by atoms with Crippen LogP contribution < -0.4 is 5.32 Å². The number of piperidine rings is 1. The number of carbonyl (C=O) groups excluding carboxylic acids is 1. The fourth-order valence-corrected chi connectivity index (χ4v) is 3.28. The summed E-state index contributed by atoms with van der Waals surface area (Å²) in [4.78, 5) is 23.2. The quantitative estimate of drug-likeness (QED) is 0.807. The van der Waals surface area contributed by atoms with E-state index in [0.29, 0.717) is 19.3 Å². The molecule has 0 saturated carbocycles. The zero-order chi connectivity index (χ0) is 18.0. The van der Waals surface area contributed by atoms with Gasteiger partial charge in [-0.1, -0.05) is 13.8 Å². The summed E-state index contributed by atoms with van der Waals surface area (Å²) in [5.41, 5.74) is -1.28. The molecule has 1 heterocycles. The van der Waals surface area contributed by atoms with Crippen LogP contribution in [0.25, 0.3) is 0 Å². The lowest BCUT2D eigenvalue weighted by Gasteiger charge is -2.49. The van der Waals surface area contributed by atoms with Crippen molar-refractivity contribution in [1.29, 1.82) is 0 Å². The van der Waals surface area contributed by atoms with Crippen LogP contribution in [-0.2, 0) is 14.7 Å². The fourth-order valence-electron chi connectivity index (χ4n) is 3.28. The number of carboxylic acid groups (broad SMARTS) is 1. The van der Waals surface area contributed by atoms with E-state index in [1.54, 1.807) is 0 Å². The Morgan fingerprint density at radius 3 is 2.09 bits per heavy atom. The zero-order valence-corrected chi connectivity index (χ0v) is 14.9. The van der Waals surface area contributed by atoms with E-state index in [4.69, 9.17) is 9.84 Å². The second-order valence-corrected chi connectivity index (χ2v) is 8.02. The number of nitrogens with one attached hydrogen (secondary N) is 1. The van der Waals surface area contributed by atoms with Gasteiger partial charge in [0.15, 0.2) is 0 Å². The SMILES string of the molecule is CC(C)C[C@H](NC(=O)OC1CC(C)(C)N([O])C(C)(C)C1)C(=O)O. The van der Waals surface area contributed by atoms with Crippen molar-refractivity contribution in [2.24, 2.45) is 5.92 Å². The number of nitrogens with zero attached hydrogens (tertiary/aromatic N) is 1. The Morgan fingerprint density at radius 2 is 1.70 bits per heavy atom. The van der Waals surface area contributed by atoms with Crippen LogP contribution in [0.15, 0.2) is 0 Å². The van der Waals surface area contributed by atoms with E-state index < -0.39 is 35.3 Å². The Morgan fingerprint density at radius 1 is 1.22 bits per heavy atom. The molecule has 1 radical (unpaired) electrons. The van der Waals surface area contributed by atoms with Gasteiger partial charge in [0.05, 0.1) is 0 Å². The minimum Gasteiger partial charge on any atom is -0.480 e. The monoisotopic (exact) mass is 329 g/mol. The molecule has 0 unspecified atom stereocenters.